The lowest BCUT2D eigenvalue weighted by Crippen LogP contribution is -2.30. The number of hydrogen-bond donors (Lipinski definition) is 2. The summed E-state index contributed by atoms with van der Waals surface area (Å²) in [6.45, 7) is 6.89. The fourth-order valence-electron chi connectivity index (χ4n) is 3.24. The minimum absolute atomic E-state index is 0.157. The van der Waals surface area contributed by atoms with Crippen LogP contribution in [0, 0.1) is 0 Å². The molecule has 5 nitrogen and oxygen atoms in total. The number of aryl methyl sites for hydroxylation is 1. The molecule has 1 aromatic carbocycles. The van der Waals surface area contributed by atoms with Crippen molar-refractivity contribution in [3.8, 4) is 5.75 Å². The van der Waals surface area contributed by atoms with Gasteiger partial charge in [-0.05, 0) is 49.6 Å². The number of rotatable bonds is 15. The van der Waals surface area contributed by atoms with Gasteiger partial charge in [-0.1, -0.05) is 52.5 Å². The molecule has 0 radical (unpaired) electrons. The first-order chi connectivity index (χ1) is 13.0. The van der Waals surface area contributed by atoms with E-state index in [2.05, 4.69) is 36.0 Å². The number of sulfonamides is 1. The molecular formula is C21H38N2O3S. The third-order valence-corrected chi connectivity index (χ3v) is 6.21. The van der Waals surface area contributed by atoms with Crippen LogP contribution in [0.15, 0.2) is 18.2 Å². The quantitative estimate of drug-likeness (QED) is 0.435. The number of ether oxygens (including phenoxy) is 1. The Bertz CT molecular complexity index is 632. The Morgan fingerprint density at radius 1 is 1.07 bits per heavy atom. The van der Waals surface area contributed by atoms with Crippen LogP contribution in [0.3, 0.4) is 0 Å². The molecule has 1 unspecified atom stereocenters. The first-order valence-corrected chi connectivity index (χ1v) is 12.0. The summed E-state index contributed by atoms with van der Waals surface area (Å²) in [5.74, 6) is 0.958. The summed E-state index contributed by atoms with van der Waals surface area (Å²) < 4.78 is 31.8. The van der Waals surface area contributed by atoms with Gasteiger partial charge in [-0.2, -0.15) is 0 Å². The molecule has 1 rings (SSSR count). The molecule has 0 saturated heterocycles. The maximum Gasteiger partial charge on any atom is 0.211 e. The highest BCUT2D eigenvalue weighted by atomic mass is 32.2. The Morgan fingerprint density at radius 3 is 2.48 bits per heavy atom. The highest BCUT2D eigenvalue weighted by Crippen LogP contribution is 2.28. The Kier molecular flexibility index (Phi) is 11.6. The number of nitrogens with one attached hydrogen (secondary N) is 2. The predicted molar refractivity (Wildman–Crippen MR) is 114 cm³/mol. The molecule has 0 saturated carbocycles. The van der Waals surface area contributed by atoms with E-state index in [1.807, 2.05) is 20.0 Å². The lowest BCUT2D eigenvalue weighted by molar-refractivity contribution is 0.322. The van der Waals surface area contributed by atoms with E-state index in [0.717, 1.165) is 25.0 Å². The molecule has 0 aromatic heterocycles. The van der Waals surface area contributed by atoms with Gasteiger partial charge in [0.2, 0.25) is 10.0 Å². The van der Waals surface area contributed by atoms with Gasteiger partial charge in [-0.3, -0.25) is 0 Å². The van der Waals surface area contributed by atoms with Crippen LogP contribution >= 0.6 is 0 Å². The Balaban J connectivity index is 2.75. The fourth-order valence-corrected chi connectivity index (χ4v) is 4.32. The van der Waals surface area contributed by atoms with E-state index in [9.17, 15) is 8.42 Å². The first-order valence-electron chi connectivity index (χ1n) is 10.4. The molecule has 6 heteroatoms. The lowest BCUT2D eigenvalue weighted by Gasteiger charge is -2.21. The third kappa shape index (κ3) is 9.08. The average molecular weight is 399 g/mol. The standard InChI is InChI=1S/C21H38N2O3S/c1-5-8-9-11-21(22-4)20-17-19(13-12-18(20)10-6-2)26-15-14-23-27(24,25)16-7-3/h12-13,17,21-23H,5-11,14-16H2,1-4H3. The Hall–Kier alpha value is -1.11. The molecule has 0 spiro atoms. The molecular weight excluding hydrogens is 360 g/mol. The van der Waals surface area contributed by atoms with Crippen LogP contribution in [0.2, 0.25) is 0 Å². The summed E-state index contributed by atoms with van der Waals surface area (Å²) in [6, 6.07) is 6.59. The van der Waals surface area contributed by atoms with E-state index in [0.29, 0.717) is 25.6 Å². The number of unbranched alkanes of at least 4 members (excludes halogenated alkanes) is 2. The van der Waals surface area contributed by atoms with E-state index < -0.39 is 10.0 Å². The first kappa shape index (κ1) is 23.9. The smallest absolute Gasteiger partial charge is 0.211 e. The molecule has 0 amide bonds. The van der Waals surface area contributed by atoms with Gasteiger partial charge in [0, 0.05) is 12.6 Å². The summed E-state index contributed by atoms with van der Waals surface area (Å²) in [6.07, 6.45) is 7.56. The van der Waals surface area contributed by atoms with Crippen molar-refractivity contribution in [2.24, 2.45) is 0 Å². The summed E-state index contributed by atoms with van der Waals surface area (Å²) in [7, 11) is -1.16. The van der Waals surface area contributed by atoms with Crippen LogP contribution in [-0.2, 0) is 16.4 Å². The van der Waals surface area contributed by atoms with Crippen molar-refractivity contribution < 1.29 is 13.2 Å². The maximum atomic E-state index is 11.7. The van der Waals surface area contributed by atoms with Gasteiger partial charge in [0.25, 0.3) is 0 Å². The zero-order chi connectivity index (χ0) is 20.1. The van der Waals surface area contributed by atoms with E-state index in [4.69, 9.17) is 4.74 Å². The highest BCUT2D eigenvalue weighted by Gasteiger charge is 2.15. The molecule has 0 bridgehead atoms. The van der Waals surface area contributed by atoms with Crippen LogP contribution in [0.1, 0.15) is 76.5 Å². The van der Waals surface area contributed by atoms with Crippen LogP contribution < -0.4 is 14.8 Å². The van der Waals surface area contributed by atoms with Crippen LogP contribution in [-0.4, -0.2) is 34.4 Å². The van der Waals surface area contributed by atoms with Crippen molar-refractivity contribution in [2.45, 2.75) is 71.8 Å². The van der Waals surface area contributed by atoms with Gasteiger partial charge in [-0.15, -0.1) is 0 Å². The second-order valence-corrected chi connectivity index (χ2v) is 8.94. The zero-order valence-electron chi connectivity index (χ0n) is 17.5. The summed E-state index contributed by atoms with van der Waals surface area (Å²) in [5.41, 5.74) is 2.67. The average Bonchev–Trinajstić information content (AvgIpc) is 2.64. The molecule has 1 aromatic rings. The van der Waals surface area contributed by atoms with Gasteiger partial charge in [0.1, 0.15) is 12.4 Å². The van der Waals surface area contributed by atoms with Crippen LogP contribution in [0.4, 0.5) is 0 Å². The molecule has 0 fully saturated rings. The molecule has 156 valence electrons. The van der Waals surface area contributed by atoms with Crippen molar-refractivity contribution in [3.05, 3.63) is 29.3 Å². The topological polar surface area (TPSA) is 67.4 Å². The van der Waals surface area contributed by atoms with Crippen molar-refractivity contribution in [2.75, 3.05) is 26.0 Å². The third-order valence-electron chi connectivity index (χ3n) is 4.62. The van der Waals surface area contributed by atoms with E-state index in [1.165, 1.54) is 30.4 Å². The van der Waals surface area contributed by atoms with Crippen molar-refractivity contribution in [1.29, 1.82) is 0 Å². The Labute approximate surface area is 166 Å². The molecule has 0 aliphatic carbocycles. The maximum absolute atomic E-state index is 11.7. The Morgan fingerprint density at radius 2 is 1.85 bits per heavy atom. The minimum atomic E-state index is -3.18. The van der Waals surface area contributed by atoms with Gasteiger partial charge in [0.05, 0.1) is 5.75 Å². The predicted octanol–water partition coefficient (Wildman–Crippen LogP) is 4.19. The fraction of sp³-hybridized carbons (Fsp3) is 0.714. The van der Waals surface area contributed by atoms with Crippen molar-refractivity contribution in [1.82, 2.24) is 10.0 Å². The van der Waals surface area contributed by atoms with Gasteiger partial charge in [-0.25, -0.2) is 13.1 Å². The van der Waals surface area contributed by atoms with Crippen LogP contribution in [0.5, 0.6) is 5.75 Å². The lowest BCUT2D eigenvalue weighted by atomic mass is 9.93. The van der Waals surface area contributed by atoms with Gasteiger partial charge in [0.15, 0.2) is 0 Å². The highest BCUT2D eigenvalue weighted by molar-refractivity contribution is 7.89. The van der Waals surface area contributed by atoms with Crippen LogP contribution in [0.25, 0.3) is 0 Å². The molecule has 0 heterocycles. The number of hydrogen-bond acceptors (Lipinski definition) is 4. The monoisotopic (exact) mass is 398 g/mol. The minimum Gasteiger partial charge on any atom is -0.492 e. The van der Waals surface area contributed by atoms with E-state index in [1.54, 1.807) is 0 Å². The van der Waals surface area contributed by atoms with Gasteiger partial charge < -0.3 is 10.1 Å². The normalized spacial score (nSPS) is 12.9. The summed E-state index contributed by atoms with van der Waals surface area (Å²) in [5, 5.41) is 3.46. The molecule has 2 N–H and O–H groups in total. The second-order valence-electron chi connectivity index (χ2n) is 7.01. The van der Waals surface area contributed by atoms with Gasteiger partial charge >= 0.3 is 0 Å². The molecule has 0 aliphatic rings. The van der Waals surface area contributed by atoms with E-state index >= 15 is 0 Å². The summed E-state index contributed by atoms with van der Waals surface area (Å²) >= 11 is 0. The number of benzene rings is 1. The molecule has 1 atom stereocenters. The van der Waals surface area contributed by atoms with E-state index in [-0.39, 0.29) is 5.75 Å². The SMILES string of the molecule is CCCCCC(NC)c1cc(OCCNS(=O)(=O)CCC)ccc1CCC. The zero-order valence-corrected chi connectivity index (χ0v) is 18.3. The second kappa shape index (κ2) is 13.1. The summed E-state index contributed by atoms with van der Waals surface area (Å²) in [4.78, 5) is 0. The molecule has 0 aliphatic heterocycles. The molecule has 27 heavy (non-hydrogen) atoms. The van der Waals surface area contributed by atoms with Crippen molar-refractivity contribution >= 4 is 10.0 Å². The van der Waals surface area contributed by atoms with Crippen molar-refractivity contribution in [3.63, 3.8) is 0 Å². The largest absolute Gasteiger partial charge is 0.492 e.